The van der Waals surface area contributed by atoms with Gasteiger partial charge >= 0.3 is 5.69 Å². The number of nitrogens with zero attached hydrogens (tertiary/aromatic N) is 2. The lowest BCUT2D eigenvalue weighted by molar-refractivity contribution is -0.122. The SMILES string of the molecule is CCn1c(=O)c2ccccc2n(CC(=O)NC(C)c2cccc(Cl)c2)c1=O. The molecule has 0 spiro atoms. The Morgan fingerprint density at radius 3 is 2.56 bits per heavy atom. The molecule has 0 aliphatic heterocycles. The lowest BCUT2D eigenvalue weighted by Gasteiger charge is -2.17. The van der Waals surface area contributed by atoms with E-state index in [1.165, 1.54) is 4.57 Å². The minimum Gasteiger partial charge on any atom is -0.348 e. The van der Waals surface area contributed by atoms with Crippen LogP contribution in [0.2, 0.25) is 5.02 Å². The highest BCUT2D eigenvalue weighted by atomic mass is 35.5. The smallest absolute Gasteiger partial charge is 0.331 e. The molecule has 0 aliphatic carbocycles. The molecule has 3 rings (SSSR count). The summed E-state index contributed by atoms with van der Waals surface area (Å²) in [5, 5.41) is 3.87. The van der Waals surface area contributed by atoms with Gasteiger partial charge in [0.1, 0.15) is 6.54 Å². The summed E-state index contributed by atoms with van der Waals surface area (Å²) >= 11 is 6.00. The van der Waals surface area contributed by atoms with Crippen molar-refractivity contribution in [3.63, 3.8) is 0 Å². The van der Waals surface area contributed by atoms with Crippen LogP contribution >= 0.6 is 11.6 Å². The van der Waals surface area contributed by atoms with Gasteiger partial charge in [-0.3, -0.25) is 18.7 Å². The zero-order chi connectivity index (χ0) is 19.6. The van der Waals surface area contributed by atoms with Gasteiger partial charge in [-0.1, -0.05) is 35.9 Å². The molecule has 140 valence electrons. The number of halogens is 1. The van der Waals surface area contributed by atoms with Crippen LogP contribution in [0.5, 0.6) is 0 Å². The molecule has 1 N–H and O–H groups in total. The zero-order valence-corrected chi connectivity index (χ0v) is 15.9. The first kappa shape index (κ1) is 18.9. The van der Waals surface area contributed by atoms with Crippen LogP contribution in [0.25, 0.3) is 10.9 Å². The van der Waals surface area contributed by atoms with Gasteiger partial charge in [0.25, 0.3) is 5.56 Å². The molecular formula is C20H20ClN3O3. The lowest BCUT2D eigenvalue weighted by Crippen LogP contribution is -2.42. The molecule has 0 saturated carbocycles. The highest BCUT2D eigenvalue weighted by Gasteiger charge is 2.16. The average molecular weight is 386 g/mol. The van der Waals surface area contributed by atoms with Crippen LogP contribution < -0.4 is 16.6 Å². The van der Waals surface area contributed by atoms with Crippen molar-refractivity contribution in [3.05, 3.63) is 80.0 Å². The molecule has 0 fully saturated rings. The van der Waals surface area contributed by atoms with Crippen LogP contribution in [0, 0.1) is 0 Å². The van der Waals surface area contributed by atoms with Gasteiger partial charge in [-0.15, -0.1) is 0 Å². The standard InChI is InChI=1S/C20H20ClN3O3/c1-3-23-19(26)16-9-4-5-10-17(16)24(20(23)27)12-18(25)22-13(2)14-7-6-8-15(21)11-14/h4-11,13H,3,12H2,1-2H3,(H,22,25). The first-order valence-corrected chi connectivity index (χ1v) is 9.07. The monoisotopic (exact) mass is 385 g/mol. The molecule has 0 radical (unpaired) electrons. The van der Waals surface area contributed by atoms with E-state index in [-0.39, 0.29) is 30.6 Å². The second kappa shape index (κ2) is 7.80. The van der Waals surface area contributed by atoms with Crippen LogP contribution in [-0.2, 0) is 17.9 Å². The van der Waals surface area contributed by atoms with E-state index in [1.54, 1.807) is 43.3 Å². The summed E-state index contributed by atoms with van der Waals surface area (Å²) in [4.78, 5) is 37.7. The fraction of sp³-hybridized carbons (Fsp3) is 0.250. The Kier molecular flexibility index (Phi) is 5.46. The number of benzene rings is 2. The number of para-hydroxylation sites is 1. The molecule has 7 heteroatoms. The maximum Gasteiger partial charge on any atom is 0.331 e. The highest BCUT2D eigenvalue weighted by molar-refractivity contribution is 6.30. The van der Waals surface area contributed by atoms with Crippen LogP contribution in [-0.4, -0.2) is 15.0 Å². The van der Waals surface area contributed by atoms with E-state index >= 15 is 0 Å². The molecule has 3 aromatic rings. The number of hydrogen-bond donors (Lipinski definition) is 1. The van der Waals surface area contributed by atoms with Gasteiger partial charge in [0.2, 0.25) is 5.91 Å². The van der Waals surface area contributed by atoms with Gasteiger partial charge in [0.15, 0.2) is 0 Å². The molecule has 0 bridgehead atoms. The molecule has 1 heterocycles. The van der Waals surface area contributed by atoms with E-state index in [0.29, 0.717) is 15.9 Å². The molecule has 0 aliphatic rings. The van der Waals surface area contributed by atoms with E-state index in [2.05, 4.69) is 5.32 Å². The maximum atomic E-state index is 12.7. The summed E-state index contributed by atoms with van der Waals surface area (Å²) < 4.78 is 2.47. The van der Waals surface area contributed by atoms with Crippen molar-refractivity contribution in [2.75, 3.05) is 0 Å². The van der Waals surface area contributed by atoms with E-state index in [4.69, 9.17) is 11.6 Å². The van der Waals surface area contributed by atoms with Crippen molar-refractivity contribution in [2.45, 2.75) is 33.0 Å². The van der Waals surface area contributed by atoms with Gasteiger partial charge in [-0.2, -0.15) is 0 Å². The summed E-state index contributed by atoms with van der Waals surface area (Å²) in [5.41, 5.74) is 0.475. The third-order valence-electron chi connectivity index (χ3n) is 4.48. The van der Waals surface area contributed by atoms with Crippen molar-refractivity contribution >= 4 is 28.4 Å². The summed E-state index contributed by atoms with van der Waals surface area (Å²) in [6.45, 7) is 3.63. The van der Waals surface area contributed by atoms with Gasteiger partial charge in [0.05, 0.1) is 16.9 Å². The van der Waals surface area contributed by atoms with Gasteiger partial charge < -0.3 is 5.32 Å². The molecule has 1 amide bonds. The molecule has 27 heavy (non-hydrogen) atoms. The molecule has 2 aromatic carbocycles. The second-order valence-corrected chi connectivity index (χ2v) is 6.72. The van der Waals surface area contributed by atoms with Gasteiger partial charge in [-0.05, 0) is 43.7 Å². The number of amides is 1. The van der Waals surface area contributed by atoms with Gasteiger partial charge in [0, 0.05) is 11.6 Å². The summed E-state index contributed by atoms with van der Waals surface area (Å²) in [7, 11) is 0. The Morgan fingerprint density at radius 1 is 1.11 bits per heavy atom. The average Bonchev–Trinajstić information content (AvgIpc) is 2.65. The van der Waals surface area contributed by atoms with Crippen LogP contribution in [0.1, 0.15) is 25.5 Å². The lowest BCUT2D eigenvalue weighted by atomic mass is 10.1. The summed E-state index contributed by atoms with van der Waals surface area (Å²) in [6, 6.07) is 13.8. The Bertz CT molecular complexity index is 1120. The van der Waals surface area contributed by atoms with Crippen LogP contribution in [0.4, 0.5) is 0 Å². The molecule has 1 unspecified atom stereocenters. The summed E-state index contributed by atoms with van der Waals surface area (Å²) in [6.07, 6.45) is 0. The highest BCUT2D eigenvalue weighted by Crippen LogP contribution is 2.17. The Morgan fingerprint density at radius 2 is 1.85 bits per heavy atom. The number of hydrogen-bond acceptors (Lipinski definition) is 3. The van der Waals surface area contributed by atoms with Crippen molar-refractivity contribution < 1.29 is 4.79 Å². The number of nitrogens with one attached hydrogen (secondary N) is 1. The largest absolute Gasteiger partial charge is 0.348 e. The molecule has 1 aromatic heterocycles. The predicted molar refractivity (Wildman–Crippen MR) is 106 cm³/mol. The minimum absolute atomic E-state index is 0.176. The minimum atomic E-state index is -0.494. The summed E-state index contributed by atoms with van der Waals surface area (Å²) in [5.74, 6) is -0.323. The van der Waals surface area contributed by atoms with Gasteiger partial charge in [-0.25, -0.2) is 4.79 Å². The topological polar surface area (TPSA) is 73.1 Å². The Balaban J connectivity index is 1.93. The second-order valence-electron chi connectivity index (χ2n) is 6.28. The van der Waals surface area contributed by atoms with E-state index in [0.717, 1.165) is 10.1 Å². The number of fused-ring (bicyclic) bond motifs is 1. The van der Waals surface area contributed by atoms with Crippen molar-refractivity contribution in [1.82, 2.24) is 14.5 Å². The fourth-order valence-corrected chi connectivity index (χ4v) is 3.29. The van der Waals surface area contributed by atoms with E-state index < -0.39 is 5.69 Å². The van der Waals surface area contributed by atoms with Crippen molar-refractivity contribution in [1.29, 1.82) is 0 Å². The van der Waals surface area contributed by atoms with Crippen LogP contribution in [0.15, 0.2) is 58.1 Å². The zero-order valence-electron chi connectivity index (χ0n) is 15.1. The first-order chi connectivity index (χ1) is 12.9. The van der Waals surface area contributed by atoms with E-state index in [9.17, 15) is 14.4 Å². The van der Waals surface area contributed by atoms with Crippen LogP contribution in [0.3, 0.4) is 0 Å². The number of carbonyl (C=O) groups excluding carboxylic acids is 1. The maximum absolute atomic E-state index is 12.7. The number of rotatable bonds is 5. The third-order valence-corrected chi connectivity index (χ3v) is 4.71. The van der Waals surface area contributed by atoms with Crippen molar-refractivity contribution in [2.24, 2.45) is 0 Å². The molecule has 0 saturated heterocycles. The number of aromatic nitrogens is 2. The first-order valence-electron chi connectivity index (χ1n) is 8.69. The Hall–Kier alpha value is -2.86. The molecular weight excluding hydrogens is 366 g/mol. The van der Waals surface area contributed by atoms with Crippen molar-refractivity contribution in [3.8, 4) is 0 Å². The fourth-order valence-electron chi connectivity index (χ4n) is 3.09. The van der Waals surface area contributed by atoms with E-state index in [1.807, 2.05) is 19.1 Å². The quantitative estimate of drug-likeness (QED) is 0.733. The molecule has 1 atom stereocenters. The third kappa shape index (κ3) is 3.80. The molecule has 6 nitrogen and oxygen atoms in total. The Labute approximate surface area is 161 Å². The normalized spacial score (nSPS) is 12.1. The predicted octanol–water partition coefficient (Wildman–Crippen LogP) is 2.71. The number of carbonyl (C=O) groups is 1.